The minimum absolute atomic E-state index is 0.0405. The van der Waals surface area contributed by atoms with E-state index in [9.17, 15) is 13.5 Å². The highest BCUT2D eigenvalue weighted by atomic mass is 32.2. The van der Waals surface area contributed by atoms with Crippen molar-refractivity contribution in [3.8, 4) is 0 Å². The van der Waals surface area contributed by atoms with Gasteiger partial charge in [0.15, 0.2) is 0 Å². The van der Waals surface area contributed by atoms with Gasteiger partial charge in [-0.15, -0.1) is 0 Å². The van der Waals surface area contributed by atoms with Crippen LogP contribution in [0.15, 0.2) is 0 Å². The summed E-state index contributed by atoms with van der Waals surface area (Å²) in [4.78, 5) is 2.14. The second-order valence-corrected chi connectivity index (χ2v) is 7.02. The average Bonchev–Trinajstić information content (AvgIpc) is 2.14. The van der Waals surface area contributed by atoms with E-state index in [-0.39, 0.29) is 11.3 Å². The van der Waals surface area contributed by atoms with Crippen LogP contribution in [0.3, 0.4) is 0 Å². The molecule has 0 aliphatic carbocycles. The van der Waals surface area contributed by atoms with Crippen LogP contribution in [0.1, 0.15) is 34.1 Å². The van der Waals surface area contributed by atoms with Gasteiger partial charge in [-0.2, -0.15) is 0 Å². The minimum Gasteiger partial charge on any atom is -0.391 e. The Labute approximate surface area is 99.6 Å². The zero-order valence-electron chi connectivity index (χ0n) is 11.0. The number of sulfone groups is 1. The van der Waals surface area contributed by atoms with Crippen LogP contribution < -0.4 is 0 Å². The summed E-state index contributed by atoms with van der Waals surface area (Å²) in [6.07, 6.45) is 0.869. The smallest absolute Gasteiger partial charge is 0.147 e. The minimum atomic E-state index is -3.00. The molecule has 0 heterocycles. The third-order valence-electron chi connectivity index (χ3n) is 3.16. The Hall–Kier alpha value is -0.130. The van der Waals surface area contributed by atoms with Gasteiger partial charge in [0, 0.05) is 11.8 Å². The number of aliphatic hydroxyl groups is 1. The van der Waals surface area contributed by atoms with Crippen LogP contribution in [0, 0.1) is 0 Å². The lowest BCUT2D eigenvalue weighted by molar-refractivity contribution is -0.00595. The van der Waals surface area contributed by atoms with E-state index in [1.165, 1.54) is 6.26 Å². The Balaban J connectivity index is 4.51. The highest BCUT2D eigenvalue weighted by molar-refractivity contribution is 7.90. The quantitative estimate of drug-likeness (QED) is 0.730. The first kappa shape index (κ1) is 15.9. The maximum Gasteiger partial charge on any atom is 0.147 e. The zero-order chi connectivity index (χ0) is 13.0. The van der Waals surface area contributed by atoms with Crippen molar-refractivity contribution in [1.29, 1.82) is 0 Å². The molecule has 0 spiro atoms. The standard InChI is InChI=1S/C11H25NO3S/c1-6-12(7-2)11(3,4)10(13)8-9-16(5,14)15/h10,13H,6-9H2,1-5H3. The molecule has 0 rings (SSSR count). The molecule has 16 heavy (non-hydrogen) atoms. The molecule has 0 saturated heterocycles. The third kappa shape index (κ3) is 4.80. The maximum absolute atomic E-state index is 11.0. The van der Waals surface area contributed by atoms with Crippen LogP contribution in [-0.4, -0.2) is 55.2 Å². The maximum atomic E-state index is 11.0. The Kier molecular flexibility index (Phi) is 5.93. The van der Waals surface area contributed by atoms with Gasteiger partial charge < -0.3 is 5.11 Å². The molecule has 0 aromatic carbocycles. The number of hydrogen-bond acceptors (Lipinski definition) is 4. The Bertz CT molecular complexity index is 294. The van der Waals surface area contributed by atoms with Gasteiger partial charge in [-0.1, -0.05) is 13.8 Å². The third-order valence-corrected chi connectivity index (χ3v) is 4.13. The van der Waals surface area contributed by atoms with Crippen molar-refractivity contribution in [2.24, 2.45) is 0 Å². The van der Waals surface area contributed by atoms with Crippen LogP contribution in [0.2, 0.25) is 0 Å². The molecule has 0 aromatic heterocycles. The van der Waals surface area contributed by atoms with E-state index in [4.69, 9.17) is 0 Å². The lowest BCUT2D eigenvalue weighted by atomic mass is 9.93. The van der Waals surface area contributed by atoms with Gasteiger partial charge in [0.25, 0.3) is 0 Å². The van der Waals surface area contributed by atoms with Gasteiger partial charge in [-0.05, 0) is 33.4 Å². The fraction of sp³-hybridized carbons (Fsp3) is 1.00. The molecule has 0 fully saturated rings. The summed E-state index contributed by atoms with van der Waals surface area (Å²) in [6, 6.07) is 0. The topological polar surface area (TPSA) is 57.6 Å². The van der Waals surface area contributed by atoms with Crippen molar-refractivity contribution in [3.63, 3.8) is 0 Å². The molecule has 0 aliphatic rings. The van der Waals surface area contributed by atoms with Crippen LogP contribution in [0.5, 0.6) is 0 Å². The van der Waals surface area contributed by atoms with Crippen LogP contribution in [0.25, 0.3) is 0 Å². The monoisotopic (exact) mass is 251 g/mol. The van der Waals surface area contributed by atoms with Crippen molar-refractivity contribution in [2.75, 3.05) is 25.1 Å². The summed E-state index contributed by atoms with van der Waals surface area (Å²) in [5.74, 6) is 0.0405. The molecular formula is C11H25NO3S. The van der Waals surface area contributed by atoms with Gasteiger partial charge >= 0.3 is 0 Å². The van der Waals surface area contributed by atoms with Gasteiger partial charge in [0.2, 0.25) is 0 Å². The molecule has 0 aromatic rings. The fourth-order valence-electron chi connectivity index (χ4n) is 1.93. The summed E-state index contributed by atoms with van der Waals surface area (Å²) < 4.78 is 22.1. The van der Waals surface area contributed by atoms with Gasteiger partial charge in [-0.25, -0.2) is 8.42 Å². The number of likely N-dealkylation sites (N-methyl/N-ethyl adjacent to an activating group) is 1. The highest BCUT2D eigenvalue weighted by Gasteiger charge is 2.32. The Morgan fingerprint density at radius 3 is 2.00 bits per heavy atom. The molecule has 1 atom stereocenters. The first-order chi connectivity index (χ1) is 7.15. The van der Waals surface area contributed by atoms with Crippen molar-refractivity contribution in [2.45, 2.75) is 45.8 Å². The van der Waals surface area contributed by atoms with E-state index < -0.39 is 15.9 Å². The molecule has 0 amide bonds. The number of nitrogens with zero attached hydrogens (tertiary/aromatic N) is 1. The average molecular weight is 251 g/mol. The molecule has 0 radical (unpaired) electrons. The van der Waals surface area contributed by atoms with Crippen molar-refractivity contribution >= 4 is 9.84 Å². The van der Waals surface area contributed by atoms with E-state index in [0.29, 0.717) is 6.42 Å². The molecule has 1 N–H and O–H groups in total. The molecule has 0 bridgehead atoms. The molecule has 98 valence electrons. The predicted octanol–water partition coefficient (Wildman–Crippen LogP) is 0.902. The molecule has 5 heteroatoms. The van der Waals surface area contributed by atoms with Crippen LogP contribution >= 0.6 is 0 Å². The predicted molar refractivity (Wildman–Crippen MR) is 67.3 cm³/mol. The number of aliphatic hydroxyl groups excluding tert-OH is 1. The van der Waals surface area contributed by atoms with E-state index in [1.54, 1.807) is 0 Å². The van der Waals surface area contributed by atoms with Crippen LogP contribution in [0.4, 0.5) is 0 Å². The highest BCUT2D eigenvalue weighted by Crippen LogP contribution is 2.21. The summed E-state index contributed by atoms with van der Waals surface area (Å²) in [6.45, 7) is 9.67. The molecule has 0 saturated carbocycles. The summed E-state index contributed by atoms with van der Waals surface area (Å²) in [7, 11) is -3.00. The van der Waals surface area contributed by atoms with Gasteiger partial charge in [0.1, 0.15) is 9.84 Å². The molecule has 0 aliphatic heterocycles. The fourth-order valence-corrected chi connectivity index (χ4v) is 2.58. The SMILES string of the molecule is CCN(CC)C(C)(C)C(O)CCS(C)(=O)=O. The normalized spacial score (nSPS) is 15.4. The lowest BCUT2D eigenvalue weighted by Gasteiger charge is -2.41. The van der Waals surface area contributed by atoms with Crippen LogP contribution in [-0.2, 0) is 9.84 Å². The first-order valence-electron chi connectivity index (χ1n) is 5.76. The molecule has 4 nitrogen and oxygen atoms in total. The lowest BCUT2D eigenvalue weighted by Crippen LogP contribution is -2.52. The largest absolute Gasteiger partial charge is 0.391 e. The second kappa shape index (κ2) is 5.98. The van der Waals surface area contributed by atoms with Crippen molar-refractivity contribution in [3.05, 3.63) is 0 Å². The van der Waals surface area contributed by atoms with Crippen molar-refractivity contribution < 1.29 is 13.5 Å². The Morgan fingerprint density at radius 1 is 1.25 bits per heavy atom. The van der Waals surface area contributed by atoms with Gasteiger partial charge in [-0.3, -0.25) is 4.90 Å². The molecule has 1 unspecified atom stereocenters. The first-order valence-corrected chi connectivity index (χ1v) is 7.82. The van der Waals surface area contributed by atoms with E-state index in [2.05, 4.69) is 4.90 Å². The Morgan fingerprint density at radius 2 is 1.69 bits per heavy atom. The number of rotatable bonds is 7. The van der Waals surface area contributed by atoms with Crippen molar-refractivity contribution in [1.82, 2.24) is 4.90 Å². The van der Waals surface area contributed by atoms with Gasteiger partial charge in [0.05, 0.1) is 11.9 Å². The molecular weight excluding hydrogens is 226 g/mol. The number of hydrogen-bond donors (Lipinski definition) is 1. The summed E-state index contributed by atoms with van der Waals surface area (Å²) in [5, 5.41) is 10.1. The zero-order valence-corrected chi connectivity index (χ0v) is 11.8. The second-order valence-electron chi connectivity index (χ2n) is 4.76. The van der Waals surface area contributed by atoms with E-state index in [0.717, 1.165) is 13.1 Å². The van der Waals surface area contributed by atoms with E-state index >= 15 is 0 Å². The van der Waals surface area contributed by atoms with E-state index in [1.807, 2.05) is 27.7 Å². The summed E-state index contributed by atoms with van der Waals surface area (Å²) in [5.41, 5.74) is -0.381. The summed E-state index contributed by atoms with van der Waals surface area (Å²) >= 11 is 0.